The molecule has 16 heavy (non-hydrogen) atoms. The summed E-state index contributed by atoms with van der Waals surface area (Å²) in [5.41, 5.74) is 1.38. The van der Waals surface area contributed by atoms with Gasteiger partial charge in [-0.1, -0.05) is 90.5 Å². The first-order valence-corrected chi connectivity index (χ1v) is 6.25. The van der Waals surface area contributed by atoms with Crippen LogP contribution in [-0.4, -0.2) is 0 Å². The van der Waals surface area contributed by atoms with Crippen LogP contribution in [0.4, 0.5) is 0 Å². The quantitative estimate of drug-likeness (QED) is 0.431. The molecule has 0 fully saturated rings. The fraction of sp³-hybridized carbons (Fsp3) is 1.00. The molecular formula is C16H40. The van der Waals surface area contributed by atoms with E-state index in [9.17, 15) is 0 Å². The van der Waals surface area contributed by atoms with Gasteiger partial charge >= 0.3 is 0 Å². The van der Waals surface area contributed by atoms with Crippen LogP contribution in [0.1, 0.15) is 90.5 Å². The molecule has 0 aromatic carbocycles. The minimum atomic E-state index is 0. The Kier molecular flexibility index (Phi) is 14.2. The molecule has 0 aromatic rings. The Morgan fingerprint density at radius 3 is 0.500 bits per heavy atom. The SMILES string of the molecule is C.CC.CC(C)(C)C.CC(C)(C)C(C)(C)C. The maximum Gasteiger partial charge on any atom is -0.0334 e. The van der Waals surface area contributed by atoms with E-state index in [0.29, 0.717) is 16.2 Å². The first-order valence-electron chi connectivity index (χ1n) is 6.25. The molecule has 0 bridgehead atoms. The largest absolute Gasteiger partial charge is 0.0776 e. The van der Waals surface area contributed by atoms with Gasteiger partial charge in [-0.15, -0.1) is 0 Å². The lowest BCUT2D eigenvalue weighted by Crippen LogP contribution is -2.25. The van der Waals surface area contributed by atoms with Crippen LogP contribution in [0, 0.1) is 16.2 Å². The van der Waals surface area contributed by atoms with E-state index < -0.39 is 0 Å². The number of hydrogen-bond donors (Lipinski definition) is 0. The van der Waals surface area contributed by atoms with E-state index in [-0.39, 0.29) is 7.43 Å². The highest BCUT2D eigenvalue weighted by molar-refractivity contribution is 4.77. The third-order valence-corrected chi connectivity index (χ3v) is 2.25. The topological polar surface area (TPSA) is 0 Å². The van der Waals surface area contributed by atoms with Gasteiger partial charge in [0.1, 0.15) is 0 Å². The Labute approximate surface area is 107 Å². The first-order chi connectivity index (χ1) is 6.25. The molecule has 0 nitrogen and oxygen atoms in total. The zero-order valence-electron chi connectivity index (χ0n) is 13.5. The summed E-state index contributed by atoms with van der Waals surface area (Å²) in [6.07, 6.45) is 0. The molecule has 0 rings (SSSR count). The van der Waals surface area contributed by atoms with Gasteiger partial charge < -0.3 is 0 Å². The van der Waals surface area contributed by atoms with Crippen LogP contribution in [0.5, 0.6) is 0 Å². The van der Waals surface area contributed by atoms with Crippen molar-refractivity contribution < 1.29 is 0 Å². The molecule has 0 aromatic heterocycles. The van der Waals surface area contributed by atoms with E-state index in [4.69, 9.17) is 0 Å². The molecule has 0 aliphatic heterocycles. The zero-order chi connectivity index (χ0) is 13.5. The lowest BCUT2D eigenvalue weighted by Gasteiger charge is -2.34. The predicted molar refractivity (Wildman–Crippen MR) is 82.1 cm³/mol. The number of rotatable bonds is 0. The molecule has 0 atom stereocenters. The Morgan fingerprint density at radius 2 is 0.500 bits per heavy atom. The molecule has 0 saturated carbocycles. The van der Waals surface area contributed by atoms with Gasteiger partial charge in [0.2, 0.25) is 0 Å². The molecule has 0 radical (unpaired) electrons. The van der Waals surface area contributed by atoms with E-state index >= 15 is 0 Å². The summed E-state index contributed by atoms with van der Waals surface area (Å²) in [6, 6.07) is 0. The van der Waals surface area contributed by atoms with Gasteiger partial charge in [0, 0.05) is 0 Å². The van der Waals surface area contributed by atoms with Gasteiger partial charge in [0.05, 0.1) is 0 Å². The lowest BCUT2D eigenvalue weighted by atomic mass is 9.71. The predicted octanol–water partition coefficient (Wildman–Crippen LogP) is 6.79. The molecule has 0 aliphatic carbocycles. The summed E-state index contributed by atoms with van der Waals surface area (Å²) in [4.78, 5) is 0. The van der Waals surface area contributed by atoms with Crippen LogP contribution in [0.3, 0.4) is 0 Å². The Bertz CT molecular complexity index is 104. The van der Waals surface area contributed by atoms with Crippen LogP contribution in [0.2, 0.25) is 0 Å². The minimum Gasteiger partial charge on any atom is -0.0776 e. The highest BCUT2D eigenvalue weighted by atomic mass is 14.3. The van der Waals surface area contributed by atoms with Crippen molar-refractivity contribution in [2.45, 2.75) is 90.5 Å². The van der Waals surface area contributed by atoms with E-state index in [1.807, 2.05) is 13.8 Å². The summed E-state index contributed by atoms with van der Waals surface area (Å²) >= 11 is 0. The van der Waals surface area contributed by atoms with Crippen molar-refractivity contribution in [3.63, 3.8) is 0 Å². The third-order valence-electron chi connectivity index (χ3n) is 2.25. The maximum atomic E-state index is 2.27. The number of hydrogen-bond acceptors (Lipinski definition) is 0. The summed E-state index contributed by atoms with van der Waals surface area (Å²) in [5, 5.41) is 0. The van der Waals surface area contributed by atoms with Crippen molar-refractivity contribution >= 4 is 0 Å². The van der Waals surface area contributed by atoms with E-state index in [0.717, 1.165) is 0 Å². The first kappa shape index (κ1) is 25.0. The highest BCUT2D eigenvalue weighted by Crippen LogP contribution is 2.36. The van der Waals surface area contributed by atoms with Crippen molar-refractivity contribution in [1.29, 1.82) is 0 Å². The van der Waals surface area contributed by atoms with Crippen molar-refractivity contribution in [2.24, 2.45) is 16.2 Å². The van der Waals surface area contributed by atoms with E-state index in [1.54, 1.807) is 0 Å². The fourth-order valence-electron chi connectivity index (χ4n) is 0. The molecule has 0 N–H and O–H groups in total. The maximum absolute atomic E-state index is 2.27. The van der Waals surface area contributed by atoms with Crippen LogP contribution < -0.4 is 0 Å². The molecule has 0 aliphatic rings. The molecule has 0 spiro atoms. The second-order valence-corrected chi connectivity index (χ2v) is 7.50. The van der Waals surface area contributed by atoms with Crippen LogP contribution in [-0.2, 0) is 0 Å². The van der Waals surface area contributed by atoms with Gasteiger partial charge in [0.25, 0.3) is 0 Å². The monoisotopic (exact) mass is 232 g/mol. The van der Waals surface area contributed by atoms with Crippen LogP contribution in [0.25, 0.3) is 0 Å². The smallest absolute Gasteiger partial charge is 0.0334 e. The van der Waals surface area contributed by atoms with Gasteiger partial charge in [-0.25, -0.2) is 0 Å². The summed E-state index contributed by atoms with van der Waals surface area (Å²) in [5.74, 6) is 0. The van der Waals surface area contributed by atoms with Gasteiger partial charge in [-0.2, -0.15) is 0 Å². The zero-order valence-corrected chi connectivity index (χ0v) is 13.5. The molecular weight excluding hydrogens is 192 g/mol. The Balaban J connectivity index is -0.0000000786. The summed E-state index contributed by atoms with van der Waals surface area (Å²) in [6.45, 7) is 26.4. The molecule has 0 heteroatoms. The van der Waals surface area contributed by atoms with Crippen molar-refractivity contribution in [1.82, 2.24) is 0 Å². The van der Waals surface area contributed by atoms with Gasteiger partial charge in [-0.05, 0) is 16.2 Å². The second-order valence-electron chi connectivity index (χ2n) is 7.50. The van der Waals surface area contributed by atoms with Gasteiger partial charge in [0.15, 0.2) is 0 Å². The normalized spacial score (nSPS) is 11.2. The Morgan fingerprint density at radius 1 is 0.438 bits per heavy atom. The average molecular weight is 232 g/mol. The van der Waals surface area contributed by atoms with Crippen LogP contribution in [0.15, 0.2) is 0 Å². The second kappa shape index (κ2) is 9.07. The molecule has 0 saturated heterocycles. The van der Waals surface area contributed by atoms with Gasteiger partial charge in [-0.3, -0.25) is 0 Å². The van der Waals surface area contributed by atoms with E-state index in [1.165, 1.54) is 0 Å². The lowest BCUT2D eigenvalue weighted by molar-refractivity contribution is 0.157. The van der Waals surface area contributed by atoms with Crippen LogP contribution >= 0.6 is 0 Å². The third kappa shape index (κ3) is 29.2. The van der Waals surface area contributed by atoms with Crippen molar-refractivity contribution in [2.75, 3.05) is 0 Å². The van der Waals surface area contributed by atoms with E-state index in [2.05, 4.69) is 69.2 Å². The average Bonchev–Trinajstić information content (AvgIpc) is 1.83. The standard InChI is InChI=1S/C8H18.C5H12.C2H6.CH4/c1-7(2,3)8(4,5)6;1-5(2,3)4;1-2;/h1-6H3;1-4H3;1-2H3;1H4. The van der Waals surface area contributed by atoms with Crippen molar-refractivity contribution in [3.8, 4) is 0 Å². The Hall–Kier alpha value is 0. The minimum absolute atomic E-state index is 0. The summed E-state index contributed by atoms with van der Waals surface area (Å²) in [7, 11) is 0. The molecule has 0 heterocycles. The molecule has 0 unspecified atom stereocenters. The molecule has 104 valence electrons. The summed E-state index contributed by atoms with van der Waals surface area (Å²) < 4.78 is 0. The van der Waals surface area contributed by atoms with Crippen molar-refractivity contribution in [3.05, 3.63) is 0 Å². The highest BCUT2D eigenvalue weighted by Gasteiger charge is 2.26. The molecule has 0 amide bonds. The fourth-order valence-corrected chi connectivity index (χ4v) is 0.